The number of ketones is 1. The fourth-order valence-corrected chi connectivity index (χ4v) is 2.32. The summed E-state index contributed by atoms with van der Waals surface area (Å²) in [5.41, 5.74) is 2.30. The van der Waals surface area contributed by atoms with Crippen molar-refractivity contribution in [1.82, 2.24) is 0 Å². The van der Waals surface area contributed by atoms with Crippen molar-refractivity contribution in [1.29, 1.82) is 0 Å². The highest BCUT2D eigenvalue weighted by molar-refractivity contribution is 6.09. The zero-order valence-corrected chi connectivity index (χ0v) is 12.3. The van der Waals surface area contributed by atoms with Gasteiger partial charge in [-0.05, 0) is 42.8 Å². The summed E-state index contributed by atoms with van der Waals surface area (Å²) in [6.45, 7) is 1.92. The molecule has 0 saturated carbocycles. The molecule has 2 nitrogen and oxygen atoms in total. The highest BCUT2D eigenvalue weighted by Gasteiger charge is 2.12. The lowest BCUT2D eigenvalue weighted by molar-refractivity contribution is 0.103. The number of hydrogen-bond donors (Lipinski definition) is 0. The second-order valence-electron chi connectivity index (χ2n) is 5.09. The standard InChI is InChI=1S/C20H16O2/c1-15-14-18(22-17-10-6-3-7-11-17)12-13-19(15)20(21)16-8-4-2-5-9-16/h2-14H,1H3. The minimum Gasteiger partial charge on any atom is -0.457 e. The average molecular weight is 288 g/mol. The molecule has 2 heteroatoms. The van der Waals surface area contributed by atoms with Crippen LogP contribution in [0.1, 0.15) is 21.5 Å². The van der Waals surface area contributed by atoms with Crippen LogP contribution < -0.4 is 4.74 Å². The molecule has 0 aromatic heterocycles. The maximum atomic E-state index is 12.5. The summed E-state index contributed by atoms with van der Waals surface area (Å²) in [4.78, 5) is 12.5. The highest BCUT2D eigenvalue weighted by Crippen LogP contribution is 2.24. The maximum Gasteiger partial charge on any atom is 0.193 e. The van der Waals surface area contributed by atoms with Gasteiger partial charge in [-0.3, -0.25) is 4.79 Å². The number of aryl methyl sites for hydroxylation is 1. The van der Waals surface area contributed by atoms with Crippen LogP contribution in [0, 0.1) is 6.92 Å². The number of ether oxygens (including phenoxy) is 1. The molecule has 0 radical (unpaired) electrons. The molecule has 22 heavy (non-hydrogen) atoms. The first-order chi connectivity index (χ1) is 10.7. The van der Waals surface area contributed by atoms with E-state index in [4.69, 9.17) is 4.74 Å². The molecule has 0 fully saturated rings. The van der Waals surface area contributed by atoms with Crippen LogP contribution in [-0.2, 0) is 0 Å². The van der Waals surface area contributed by atoms with Gasteiger partial charge in [0.15, 0.2) is 5.78 Å². The van der Waals surface area contributed by atoms with Crippen molar-refractivity contribution < 1.29 is 9.53 Å². The monoisotopic (exact) mass is 288 g/mol. The molecule has 0 spiro atoms. The smallest absolute Gasteiger partial charge is 0.193 e. The zero-order valence-electron chi connectivity index (χ0n) is 12.3. The van der Waals surface area contributed by atoms with Gasteiger partial charge in [0, 0.05) is 11.1 Å². The third kappa shape index (κ3) is 3.07. The van der Waals surface area contributed by atoms with Crippen LogP contribution in [-0.4, -0.2) is 5.78 Å². The first-order valence-electron chi connectivity index (χ1n) is 7.17. The average Bonchev–Trinajstić information content (AvgIpc) is 2.56. The molecule has 0 amide bonds. The number of rotatable bonds is 4. The number of carbonyl (C=O) groups excluding carboxylic acids is 1. The molecular weight excluding hydrogens is 272 g/mol. The Morgan fingerprint density at radius 1 is 0.773 bits per heavy atom. The summed E-state index contributed by atoms with van der Waals surface area (Å²) in [6, 6.07) is 24.4. The molecule has 0 unspecified atom stereocenters. The summed E-state index contributed by atoms with van der Waals surface area (Å²) in [7, 11) is 0. The van der Waals surface area contributed by atoms with Crippen LogP contribution in [0.3, 0.4) is 0 Å². The fourth-order valence-electron chi connectivity index (χ4n) is 2.32. The Kier molecular flexibility index (Phi) is 4.01. The van der Waals surface area contributed by atoms with Gasteiger partial charge >= 0.3 is 0 Å². The highest BCUT2D eigenvalue weighted by atomic mass is 16.5. The first-order valence-corrected chi connectivity index (χ1v) is 7.17. The van der Waals surface area contributed by atoms with Gasteiger partial charge in [0.25, 0.3) is 0 Å². The molecule has 0 aliphatic rings. The van der Waals surface area contributed by atoms with E-state index in [1.807, 2.05) is 85.8 Å². The Bertz CT molecular complexity index is 777. The van der Waals surface area contributed by atoms with Crippen molar-refractivity contribution in [2.45, 2.75) is 6.92 Å². The van der Waals surface area contributed by atoms with Gasteiger partial charge in [0.2, 0.25) is 0 Å². The molecule has 0 N–H and O–H groups in total. The lowest BCUT2D eigenvalue weighted by Crippen LogP contribution is -2.03. The Morgan fingerprint density at radius 2 is 1.41 bits per heavy atom. The lowest BCUT2D eigenvalue weighted by Gasteiger charge is -2.09. The number of hydrogen-bond acceptors (Lipinski definition) is 2. The van der Waals surface area contributed by atoms with Crippen molar-refractivity contribution in [2.24, 2.45) is 0 Å². The van der Waals surface area contributed by atoms with E-state index in [1.165, 1.54) is 0 Å². The maximum absolute atomic E-state index is 12.5. The Hall–Kier alpha value is -2.87. The van der Waals surface area contributed by atoms with Gasteiger partial charge in [-0.25, -0.2) is 0 Å². The Labute approximate surface area is 130 Å². The zero-order chi connectivity index (χ0) is 15.4. The normalized spacial score (nSPS) is 10.2. The quantitative estimate of drug-likeness (QED) is 0.630. The number of benzene rings is 3. The number of para-hydroxylation sites is 1. The molecule has 0 saturated heterocycles. The SMILES string of the molecule is Cc1cc(Oc2ccccc2)ccc1C(=O)c1ccccc1. The van der Waals surface area contributed by atoms with Crippen LogP contribution in [0.15, 0.2) is 78.9 Å². The third-order valence-corrected chi connectivity index (χ3v) is 3.46. The molecular formula is C20H16O2. The predicted octanol–water partition coefficient (Wildman–Crippen LogP) is 5.02. The summed E-state index contributed by atoms with van der Waals surface area (Å²) < 4.78 is 5.79. The van der Waals surface area contributed by atoms with E-state index >= 15 is 0 Å². The van der Waals surface area contributed by atoms with Gasteiger partial charge in [-0.15, -0.1) is 0 Å². The summed E-state index contributed by atoms with van der Waals surface area (Å²) >= 11 is 0. The van der Waals surface area contributed by atoms with Crippen LogP contribution >= 0.6 is 0 Å². The minimum absolute atomic E-state index is 0.0318. The van der Waals surface area contributed by atoms with Crippen LogP contribution in [0.5, 0.6) is 11.5 Å². The van der Waals surface area contributed by atoms with Crippen molar-refractivity contribution in [3.8, 4) is 11.5 Å². The predicted molar refractivity (Wildman–Crippen MR) is 87.6 cm³/mol. The largest absolute Gasteiger partial charge is 0.457 e. The third-order valence-electron chi connectivity index (χ3n) is 3.46. The molecule has 3 aromatic rings. The topological polar surface area (TPSA) is 26.3 Å². The summed E-state index contributed by atoms with van der Waals surface area (Å²) in [6.07, 6.45) is 0. The van der Waals surface area contributed by atoms with Crippen molar-refractivity contribution >= 4 is 5.78 Å². The van der Waals surface area contributed by atoms with Crippen LogP contribution in [0.2, 0.25) is 0 Å². The molecule has 108 valence electrons. The van der Waals surface area contributed by atoms with E-state index in [0.717, 1.165) is 17.1 Å². The van der Waals surface area contributed by atoms with E-state index in [1.54, 1.807) is 0 Å². The Balaban J connectivity index is 1.85. The first kappa shape index (κ1) is 14.1. The lowest BCUT2D eigenvalue weighted by atomic mass is 9.99. The second kappa shape index (κ2) is 6.27. The van der Waals surface area contributed by atoms with E-state index in [2.05, 4.69) is 0 Å². The van der Waals surface area contributed by atoms with Gasteiger partial charge in [0.1, 0.15) is 11.5 Å². The van der Waals surface area contributed by atoms with Crippen molar-refractivity contribution in [2.75, 3.05) is 0 Å². The van der Waals surface area contributed by atoms with E-state index < -0.39 is 0 Å². The Morgan fingerprint density at radius 3 is 2.05 bits per heavy atom. The molecule has 0 aliphatic heterocycles. The van der Waals surface area contributed by atoms with Gasteiger partial charge < -0.3 is 4.74 Å². The molecule has 3 aromatic carbocycles. The second-order valence-corrected chi connectivity index (χ2v) is 5.09. The van der Waals surface area contributed by atoms with Gasteiger partial charge in [-0.1, -0.05) is 48.5 Å². The number of carbonyl (C=O) groups is 1. The van der Waals surface area contributed by atoms with Crippen LogP contribution in [0.25, 0.3) is 0 Å². The van der Waals surface area contributed by atoms with Gasteiger partial charge in [-0.2, -0.15) is 0 Å². The molecule has 0 aliphatic carbocycles. The summed E-state index contributed by atoms with van der Waals surface area (Å²) in [5.74, 6) is 1.54. The molecule has 3 rings (SSSR count). The minimum atomic E-state index is 0.0318. The van der Waals surface area contributed by atoms with Gasteiger partial charge in [0.05, 0.1) is 0 Å². The molecule has 0 bridgehead atoms. The van der Waals surface area contributed by atoms with E-state index in [9.17, 15) is 4.79 Å². The molecule has 0 heterocycles. The summed E-state index contributed by atoms with van der Waals surface area (Å²) in [5, 5.41) is 0. The van der Waals surface area contributed by atoms with Crippen molar-refractivity contribution in [3.05, 3.63) is 95.6 Å². The molecule has 0 atom stereocenters. The fraction of sp³-hybridized carbons (Fsp3) is 0.0500. The van der Waals surface area contributed by atoms with E-state index in [-0.39, 0.29) is 5.78 Å². The van der Waals surface area contributed by atoms with Crippen LogP contribution in [0.4, 0.5) is 0 Å². The van der Waals surface area contributed by atoms with Crippen molar-refractivity contribution in [3.63, 3.8) is 0 Å². The van der Waals surface area contributed by atoms with E-state index in [0.29, 0.717) is 11.1 Å².